The van der Waals surface area contributed by atoms with Crippen LogP contribution in [0.5, 0.6) is 0 Å². The number of rotatable bonds is 4. The summed E-state index contributed by atoms with van der Waals surface area (Å²) in [4.78, 5) is 22.6. The normalized spacial score (nSPS) is 13.2. The minimum atomic E-state index is -0.328. The molecule has 0 N–H and O–H groups in total. The SMILES string of the molecule is CCc1ncc(-c2ccc(CN3Cc4ccccc4C3=O)c(F)c2)cn1. The first-order valence-corrected chi connectivity index (χ1v) is 8.62. The maximum Gasteiger partial charge on any atom is 0.254 e. The van der Waals surface area contributed by atoms with Crippen LogP contribution in [0.25, 0.3) is 11.1 Å². The van der Waals surface area contributed by atoms with Crippen LogP contribution in [0.2, 0.25) is 0 Å². The molecule has 0 radical (unpaired) electrons. The molecule has 0 saturated heterocycles. The Bertz CT molecular complexity index is 969. The van der Waals surface area contributed by atoms with E-state index in [0.717, 1.165) is 28.9 Å². The van der Waals surface area contributed by atoms with Crippen molar-refractivity contribution >= 4 is 5.91 Å². The van der Waals surface area contributed by atoms with Crippen LogP contribution < -0.4 is 0 Å². The van der Waals surface area contributed by atoms with Gasteiger partial charge < -0.3 is 4.90 Å². The number of carbonyl (C=O) groups is 1. The Labute approximate surface area is 151 Å². The zero-order valence-corrected chi connectivity index (χ0v) is 14.4. The molecule has 2 aromatic carbocycles. The molecule has 1 aromatic heterocycles. The fourth-order valence-corrected chi connectivity index (χ4v) is 3.19. The quantitative estimate of drug-likeness (QED) is 0.717. The number of fused-ring (bicyclic) bond motifs is 1. The largest absolute Gasteiger partial charge is 0.330 e. The first-order valence-electron chi connectivity index (χ1n) is 8.62. The van der Waals surface area contributed by atoms with E-state index in [-0.39, 0.29) is 18.3 Å². The lowest BCUT2D eigenvalue weighted by molar-refractivity contribution is 0.0765. The van der Waals surface area contributed by atoms with E-state index in [0.29, 0.717) is 17.7 Å². The number of hydrogen-bond acceptors (Lipinski definition) is 3. The molecule has 0 unspecified atom stereocenters. The van der Waals surface area contributed by atoms with Crippen molar-refractivity contribution in [2.75, 3.05) is 0 Å². The van der Waals surface area contributed by atoms with Gasteiger partial charge in [-0.15, -0.1) is 0 Å². The number of aromatic nitrogens is 2. The second kappa shape index (κ2) is 6.67. The van der Waals surface area contributed by atoms with Crippen molar-refractivity contribution in [1.29, 1.82) is 0 Å². The third-order valence-electron chi connectivity index (χ3n) is 4.67. The van der Waals surface area contributed by atoms with E-state index in [1.54, 1.807) is 23.4 Å². The smallest absolute Gasteiger partial charge is 0.254 e. The second-order valence-electron chi connectivity index (χ2n) is 6.37. The van der Waals surface area contributed by atoms with E-state index in [4.69, 9.17) is 0 Å². The van der Waals surface area contributed by atoms with E-state index in [2.05, 4.69) is 9.97 Å². The van der Waals surface area contributed by atoms with Crippen molar-refractivity contribution < 1.29 is 9.18 Å². The number of carbonyl (C=O) groups excluding carboxylic acids is 1. The molecule has 0 saturated carbocycles. The van der Waals surface area contributed by atoms with Gasteiger partial charge in [-0.1, -0.05) is 37.3 Å². The predicted molar refractivity (Wildman–Crippen MR) is 96.8 cm³/mol. The molecule has 0 spiro atoms. The van der Waals surface area contributed by atoms with E-state index in [9.17, 15) is 9.18 Å². The first-order chi connectivity index (χ1) is 12.7. The Morgan fingerprint density at radius 3 is 2.54 bits per heavy atom. The van der Waals surface area contributed by atoms with Crippen LogP contribution in [0.15, 0.2) is 54.9 Å². The van der Waals surface area contributed by atoms with Gasteiger partial charge in [0.05, 0.1) is 0 Å². The highest BCUT2D eigenvalue weighted by molar-refractivity contribution is 5.98. The Morgan fingerprint density at radius 1 is 1.08 bits per heavy atom. The molecule has 0 fully saturated rings. The molecule has 2 heterocycles. The predicted octanol–water partition coefficient (Wildman–Crippen LogP) is 4.00. The van der Waals surface area contributed by atoms with Gasteiger partial charge >= 0.3 is 0 Å². The third kappa shape index (κ3) is 2.96. The van der Waals surface area contributed by atoms with Gasteiger partial charge in [0, 0.05) is 48.6 Å². The maximum atomic E-state index is 14.6. The molecule has 0 bridgehead atoms. The summed E-state index contributed by atoms with van der Waals surface area (Å²) in [7, 11) is 0. The van der Waals surface area contributed by atoms with E-state index in [1.807, 2.05) is 37.3 Å². The molecule has 0 aliphatic carbocycles. The van der Waals surface area contributed by atoms with E-state index >= 15 is 0 Å². The van der Waals surface area contributed by atoms with Crippen molar-refractivity contribution in [1.82, 2.24) is 14.9 Å². The monoisotopic (exact) mass is 347 g/mol. The van der Waals surface area contributed by atoms with Crippen molar-refractivity contribution in [3.05, 3.63) is 83.2 Å². The van der Waals surface area contributed by atoms with E-state index in [1.165, 1.54) is 6.07 Å². The Balaban J connectivity index is 1.54. The molecule has 1 aliphatic rings. The zero-order valence-electron chi connectivity index (χ0n) is 14.4. The molecule has 0 atom stereocenters. The van der Waals surface area contributed by atoms with Gasteiger partial charge in [0.2, 0.25) is 0 Å². The average Bonchev–Trinajstić information content (AvgIpc) is 2.99. The van der Waals surface area contributed by atoms with Crippen LogP contribution in [0.1, 0.15) is 34.2 Å². The Hall–Kier alpha value is -3.08. The van der Waals surface area contributed by atoms with Crippen molar-refractivity contribution in [2.45, 2.75) is 26.4 Å². The lowest BCUT2D eigenvalue weighted by Gasteiger charge is -2.16. The third-order valence-corrected chi connectivity index (χ3v) is 4.67. The summed E-state index contributed by atoms with van der Waals surface area (Å²) in [5.41, 5.74) is 3.70. The minimum Gasteiger partial charge on any atom is -0.330 e. The highest BCUT2D eigenvalue weighted by atomic mass is 19.1. The van der Waals surface area contributed by atoms with Crippen LogP contribution >= 0.6 is 0 Å². The summed E-state index contributed by atoms with van der Waals surface area (Å²) in [5, 5.41) is 0. The summed E-state index contributed by atoms with van der Waals surface area (Å²) >= 11 is 0. The minimum absolute atomic E-state index is 0.0485. The van der Waals surface area contributed by atoms with Crippen molar-refractivity contribution in [2.24, 2.45) is 0 Å². The number of halogens is 1. The van der Waals surface area contributed by atoms with Crippen LogP contribution in [-0.2, 0) is 19.5 Å². The number of amides is 1. The molecule has 5 heteroatoms. The van der Waals surface area contributed by atoms with Crippen LogP contribution in [0.3, 0.4) is 0 Å². The molecule has 1 amide bonds. The van der Waals surface area contributed by atoms with Gasteiger partial charge in [0.15, 0.2) is 0 Å². The maximum absolute atomic E-state index is 14.6. The lowest BCUT2D eigenvalue weighted by Crippen LogP contribution is -2.23. The average molecular weight is 347 g/mol. The highest BCUT2D eigenvalue weighted by Gasteiger charge is 2.27. The molecule has 26 heavy (non-hydrogen) atoms. The summed E-state index contributed by atoms with van der Waals surface area (Å²) < 4.78 is 14.6. The zero-order chi connectivity index (χ0) is 18.1. The summed E-state index contributed by atoms with van der Waals surface area (Å²) in [6, 6.07) is 12.6. The summed E-state index contributed by atoms with van der Waals surface area (Å²) in [5.74, 6) is 0.386. The van der Waals surface area contributed by atoms with Crippen LogP contribution in [0.4, 0.5) is 4.39 Å². The number of aryl methyl sites for hydroxylation is 1. The van der Waals surface area contributed by atoms with Crippen LogP contribution in [-0.4, -0.2) is 20.8 Å². The number of hydrogen-bond donors (Lipinski definition) is 0. The van der Waals surface area contributed by atoms with Gasteiger partial charge in [0.25, 0.3) is 5.91 Å². The summed E-state index contributed by atoms with van der Waals surface area (Å²) in [6.07, 6.45) is 4.18. The number of nitrogens with zero attached hydrogens (tertiary/aromatic N) is 3. The standard InChI is InChI=1S/C21H18FN3O/c1-2-20-23-10-17(11-24-20)14-7-8-16(19(22)9-14)13-25-12-15-5-3-4-6-18(15)21(25)26/h3-11H,2,12-13H2,1H3. The van der Waals surface area contributed by atoms with Gasteiger partial charge in [-0.25, -0.2) is 14.4 Å². The molecular formula is C21H18FN3O. The summed E-state index contributed by atoms with van der Waals surface area (Å²) in [6.45, 7) is 2.76. The Morgan fingerprint density at radius 2 is 1.85 bits per heavy atom. The van der Waals surface area contributed by atoms with Crippen LogP contribution in [0, 0.1) is 5.82 Å². The molecule has 4 nitrogen and oxygen atoms in total. The fraction of sp³-hybridized carbons (Fsp3) is 0.190. The first kappa shape index (κ1) is 16.4. The van der Waals surface area contributed by atoms with Crippen molar-refractivity contribution in [3.8, 4) is 11.1 Å². The topological polar surface area (TPSA) is 46.1 Å². The Kier molecular flexibility index (Phi) is 4.21. The molecule has 4 rings (SSSR count). The van der Waals surface area contributed by atoms with Gasteiger partial charge in [0.1, 0.15) is 11.6 Å². The molecular weight excluding hydrogens is 329 g/mol. The molecule has 130 valence electrons. The van der Waals surface area contributed by atoms with E-state index < -0.39 is 0 Å². The molecule has 1 aliphatic heterocycles. The lowest BCUT2D eigenvalue weighted by atomic mass is 10.1. The molecule has 3 aromatic rings. The van der Waals surface area contributed by atoms with Gasteiger partial charge in [-0.05, 0) is 23.3 Å². The van der Waals surface area contributed by atoms with Gasteiger partial charge in [-0.2, -0.15) is 0 Å². The number of benzene rings is 2. The highest BCUT2D eigenvalue weighted by Crippen LogP contribution is 2.26. The van der Waals surface area contributed by atoms with Crippen molar-refractivity contribution in [3.63, 3.8) is 0 Å². The second-order valence-corrected chi connectivity index (χ2v) is 6.37. The van der Waals surface area contributed by atoms with Gasteiger partial charge in [-0.3, -0.25) is 4.79 Å². The fourth-order valence-electron chi connectivity index (χ4n) is 3.19.